The van der Waals surface area contributed by atoms with Gasteiger partial charge in [0.2, 0.25) is 17.6 Å². The molecule has 29 heavy (non-hydrogen) atoms. The van der Waals surface area contributed by atoms with Gasteiger partial charge in [0.05, 0.1) is 32.8 Å². The van der Waals surface area contributed by atoms with Crippen LogP contribution in [0.15, 0.2) is 47.0 Å². The van der Waals surface area contributed by atoms with E-state index in [4.69, 9.17) is 18.7 Å². The fourth-order valence-electron chi connectivity index (χ4n) is 3.38. The second-order valence-electron chi connectivity index (χ2n) is 6.63. The van der Waals surface area contributed by atoms with E-state index in [2.05, 4.69) is 10.1 Å². The van der Waals surface area contributed by atoms with Crippen LogP contribution < -0.4 is 19.1 Å². The lowest BCUT2D eigenvalue weighted by molar-refractivity contribution is -0.117. The molecule has 0 aliphatic carbocycles. The van der Waals surface area contributed by atoms with Gasteiger partial charge in [-0.2, -0.15) is 4.98 Å². The van der Waals surface area contributed by atoms with E-state index in [-0.39, 0.29) is 11.8 Å². The summed E-state index contributed by atoms with van der Waals surface area (Å²) in [4.78, 5) is 18.8. The van der Waals surface area contributed by atoms with E-state index in [0.717, 1.165) is 11.4 Å². The van der Waals surface area contributed by atoms with Gasteiger partial charge in [0.25, 0.3) is 0 Å². The highest BCUT2D eigenvalue weighted by Crippen LogP contribution is 2.35. The second-order valence-corrected chi connectivity index (χ2v) is 6.63. The Hall–Kier alpha value is -3.55. The lowest BCUT2D eigenvalue weighted by Gasteiger charge is -2.16. The number of benzene rings is 2. The van der Waals surface area contributed by atoms with Crippen LogP contribution in [0, 0.1) is 0 Å². The van der Waals surface area contributed by atoms with Gasteiger partial charge in [0.1, 0.15) is 17.2 Å². The first kappa shape index (κ1) is 18.8. The van der Waals surface area contributed by atoms with E-state index in [1.807, 2.05) is 30.3 Å². The molecule has 0 radical (unpaired) electrons. The minimum atomic E-state index is -0.171. The van der Waals surface area contributed by atoms with Crippen molar-refractivity contribution < 1.29 is 23.5 Å². The van der Waals surface area contributed by atoms with E-state index < -0.39 is 0 Å². The van der Waals surface area contributed by atoms with Gasteiger partial charge < -0.3 is 23.6 Å². The number of carbonyl (C=O) groups is 1. The molecule has 1 aliphatic rings. The summed E-state index contributed by atoms with van der Waals surface area (Å²) >= 11 is 0. The molecule has 0 bridgehead atoms. The zero-order valence-corrected chi connectivity index (χ0v) is 16.4. The zero-order valence-electron chi connectivity index (χ0n) is 16.4. The van der Waals surface area contributed by atoms with Crippen molar-refractivity contribution in [2.75, 3.05) is 32.8 Å². The topological polar surface area (TPSA) is 86.9 Å². The minimum absolute atomic E-state index is 0.0157. The number of rotatable bonds is 6. The third kappa shape index (κ3) is 3.61. The number of aromatic nitrogens is 2. The van der Waals surface area contributed by atoms with Crippen LogP contribution >= 0.6 is 0 Å². The average molecular weight is 395 g/mol. The molecule has 4 rings (SSSR count). The van der Waals surface area contributed by atoms with Crippen molar-refractivity contribution in [3.05, 3.63) is 48.4 Å². The normalized spacial score (nSPS) is 16.2. The third-order valence-corrected chi connectivity index (χ3v) is 4.95. The Morgan fingerprint density at radius 2 is 1.72 bits per heavy atom. The minimum Gasteiger partial charge on any atom is -0.497 e. The largest absolute Gasteiger partial charge is 0.497 e. The zero-order chi connectivity index (χ0) is 20.4. The Labute approximate surface area is 168 Å². The highest BCUT2D eigenvalue weighted by molar-refractivity contribution is 5.96. The van der Waals surface area contributed by atoms with Gasteiger partial charge in [-0.25, -0.2) is 0 Å². The van der Waals surface area contributed by atoms with Crippen LogP contribution in [0.3, 0.4) is 0 Å². The standard InChI is InChI=1S/C21H21N3O5/c1-26-15-6-4-14(5-7-15)24-12-13(10-19(24)25)21-22-20(23-29-21)17-9-8-16(27-2)11-18(17)28-3/h4-9,11,13H,10,12H2,1-3H3/t13-/m0/s1. The third-order valence-electron chi connectivity index (χ3n) is 4.95. The van der Waals surface area contributed by atoms with Crippen LogP contribution in [-0.4, -0.2) is 43.9 Å². The van der Waals surface area contributed by atoms with Crippen molar-refractivity contribution in [2.24, 2.45) is 0 Å². The Bertz CT molecular complexity index is 1020. The summed E-state index contributed by atoms with van der Waals surface area (Å²) in [5, 5.41) is 4.09. The molecule has 2 heterocycles. The number of anilines is 1. The fourth-order valence-corrected chi connectivity index (χ4v) is 3.38. The summed E-state index contributed by atoms with van der Waals surface area (Å²) in [5.41, 5.74) is 1.51. The molecule has 8 nitrogen and oxygen atoms in total. The first-order valence-corrected chi connectivity index (χ1v) is 9.13. The molecule has 1 fully saturated rings. The number of amides is 1. The summed E-state index contributed by atoms with van der Waals surface area (Å²) in [6, 6.07) is 12.8. The summed E-state index contributed by atoms with van der Waals surface area (Å²) in [6.45, 7) is 0.479. The molecule has 0 N–H and O–H groups in total. The van der Waals surface area contributed by atoms with Crippen LogP contribution in [0.25, 0.3) is 11.4 Å². The maximum absolute atomic E-state index is 12.5. The van der Waals surface area contributed by atoms with Gasteiger partial charge in [-0.1, -0.05) is 5.16 Å². The van der Waals surface area contributed by atoms with Gasteiger partial charge >= 0.3 is 0 Å². The van der Waals surface area contributed by atoms with Crippen molar-refractivity contribution in [2.45, 2.75) is 12.3 Å². The van der Waals surface area contributed by atoms with Crippen LogP contribution in [0.1, 0.15) is 18.2 Å². The maximum atomic E-state index is 12.5. The Kier molecular flexibility index (Phi) is 5.07. The van der Waals surface area contributed by atoms with E-state index in [0.29, 0.717) is 41.7 Å². The van der Waals surface area contributed by atoms with Crippen molar-refractivity contribution in [1.82, 2.24) is 10.1 Å². The van der Waals surface area contributed by atoms with Crippen LogP contribution in [0.2, 0.25) is 0 Å². The van der Waals surface area contributed by atoms with Crippen molar-refractivity contribution in [3.8, 4) is 28.6 Å². The Balaban J connectivity index is 1.55. The summed E-state index contributed by atoms with van der Waals surface area (Å²) in [7, 11) is 4.77. The first-order chi connectivity index (χ1) is 14.1. The first-order valence-electron chi connectivity index (χ1n) is 9.13. The Morgan fingerprint density at radius 1 is 1.00 bits per heavy atom. The van der Waals surface area contributed by atoms with E-state index in [9.17, 15) is 4.79 Å². The molecule has 1 aromatic heterocycles. The number of hydrogen-bond donors (Lipinski definition) is 0. The molecule has 2 aromatic carbocycles. The highest BCUT2D eigenvalue weighted by atomic mass is 16.5. The van der Waals surface area contributed by atoms with Gasteiger partial charge in [-0.05, 0) is 36.4 Å². The molecular weight excluding hydrogens is 374 g/mol. The quantitative estimate of drug-likeness (QED) is 0.633. The Morgan fingerprint density at radius 3 is 2.41 bits per heavy atom. The molecule has 0 unspecified atom stereocenters. The second kappa shape index (κ2) is 7.83. The van der Waals surface area contributed by atoms with Gasteiger partial charge in [0.15, 0.2) is 0 Å². The van der Waals surface area contributed by atoms with E-state index >= 15 is 0 Å². The highest BCUT2D eigenvalue weighted by Gasteiger charge is 2.35. The molecule has 150 valence electrons. The molecule has 1 aliphatic heterocycles. The van der Waals surface area contributed by atoms with Gasteiger partial charge in [0, 0.05) is 24.7 Å². The van der Waals surface area contributed by atoms with Gasteiger partial charge in [-0.3, -0.25) is 4.79 Å². The van der Waals surface area contributed by atoms with Crippen molar-refractivity contribution in [1.29, 1.82) is 0 Å². The average Bonchev–Trinajstić information content (AvgIpc) is 3.40. The summed E-state index contributed by atoms with van der Waals surface area (Å²) < 4.78 is 21.3. The van der Waals surface area contributed by atoms with Crippen LogP contribution in [0.4, 0.5) is 5.69 Å². The predicted molar refractivity (Wildman–Crippen MR) is 106 cm³/mol. The number of nitrogens with zero attached hydrogens (tertiary/aromatic N) is 3. The molecule has 3 aromatic rings. The molecule has 1 atom stereocenters. The summed E-state index contributed by atoms with van der Waals surface area (Å²) in [5.74, 6) is 2.69. The molecule has 0 spiro atoms. The van der Waals surface area contributed by atoms with Crippen LogP contribution in [0.5, 0.6) is 17.2 Å². The molecule has 1 amide bonds. The monoisotopic (exact) mass is 395 g/mol. The number of hydrogen-bond acceptors (Lipinski definition) is 7. The van der Waals surface area contributed by atoms with Gasteiger partial charge in [-0.15, -0.1) is 0 Å². The molecule has 0 saturated carbocycles. The summed E-state index contributed by atoms with van der Waals surface area (Å²) in [6.07, 6.45) is 0.313. The molecule has 8 heteroatoms. The lowest BCUT2D eigenvalue weighted by atomic mass is 10.1. The fraction of sp³-hybridized carbons (Fsp3) is 0.286. The number of methoxy groups -OCH3 is 3. The molecular formula is C21H21N3O5. The lowest BCUT2D eigenvalue weighted by Crippen LogP contribution is -2.24. The maximum Gasteiger partial charge on any atom is 0.232 e. The molecule has 1 saturated heterocycles. The van der Waals surface area contributed by atoms with E-state index in [1.54, 1.807) is 38.4 Å². The van der Waals surface area contributed by atoms with Crippen molar-refractivity contribution in [3.63, 3.8) is 0 Å². The van der Waals surface area contributed by atoms with Crippen molar-refractivity contribution >= 4 is 11.6 Å². The van der Waals surface area contributed by atoms with Crippen LogP contribution in [-0.2, 0) is 4.79 Å². The predicted octanol–water partition coefficient (Wildman–Crippen LogP) is 3.28. The smallest absolute Gasteiger partial charge is 0.232 e. The number of ether oxygens (including phenoxy) is 3. The SMILES string of the molecule is COc1ccc(N2C[C@@H](c3nc(-c4ccc(OC)cc4OC)no3)CC2=O)cc1. The van der Waals surface area contributed by atoms with E-state index in [1.165, 1.54) is 0 Å². The number of carbonyl (C=O) groups excluding carboxylic acids is 1.